The predicted octanol–water partition coefficient (Wildman–Crippen LogP) is 1.97. The van der Waals surface area contributed by atoms with Crippen molar-refractivity contribution in [3.05, 3.63) is 12.8 Å². The average molecular weight is 182 g/mol. The third-order valence-corrected chi connectivity index (χ3v) is 2.98. The molecule has 0 aliphatic carbocycles. The summed E-state index contributed by atoms with van der Waals surface area (Å²) in [4.78, 5) is 2.36. The van der Waals surface area contributed by atoms with Gasteiger partial charge in [-0.05, 0) is 31.4 Å². The summed E-state index contributed by atoms with van der Waals surface area (Å²) in [7, 11) is 0. The zero-order valence-electron chi connectivity index (χ0n) is 8.87. The van der Waals surface area contributed by atoms with Crippen LogP contribution in [0.4, 0.5) is 0 Å². The smallest absolute Gasteiger partial charge is 0.0296 e. The Kier molecular flexibility index (Phi) is 3.79. The van der Waals surface area contributed by atoms with Gasteiger partial charge in [-0.15, -0.1) is 0 Å². The van der Waals surface area contributed by atoms with Crippen LogP contribution in [-0.2, 0) is 0 Å². The molecule has 3 atom stereocenters. The lowest BCUT2D eigenvalue weighted by Gasteiger charge is -2.28. The second-order valence-corrected chi connectivity index (χ2v) is 4.28. The summed E-state index contributed by atoms with van der Waals surface area (Å²) in [6.45, 7) is 9.49. The van der Waals surface area contributed by atoms with Gasteiger partial charge in [0.15, 0.2) is 0 Å². The summed E-state index contributed by atoms with van der Waals surface area (Å²) < 4.78 is 0. The van der Waals surface area contributed by atoms with Crippen LogP contribution in [0, 0.1) is 5.92 Å². The van der Waals surface area contributed by atoms with Crippen LogP contribution in [-0.4, -0.2) is 23.5 Å². The molecular weight excluding hydrogens is 160 g/mol. The maximum atomic E-state index is 6.05. The lowest BCUT2D eigenvalue weighted by molar-refractivity contribution is 0.252. The van der Waals surface area contributed by atoms with Gasteiger partial charge in [-0.25, -0.2) is 0 Å². The third-order valence-electron chi connectivity index (χ3n) is 2.98. The van der Waals surface area contributed by atoms with Crippen LogP contribution in [0.3, 0.4) is 0 Å². The summed E-state index contributed by atoms with van der Waals surface area (Å²) in [6, 6.07) is 0.988. The minimum Gasteiger partial charge on any atom is -0.375 e. The Morgan fingerprint density at radius 3 is 2.77 bits per heavy atom. The molecule has 0 aromatic heterocycles. The quantitative estimate of drug-likeness (QED) is 0.707. The summed E-state index contributed by atoms with van der Waals surface area (Å²) >= 11 is 0. The fraction of sp³-hybridized carbons (Fsp3) is 0.818. The molecule has 0 saturated carbocycles. The molecular formula is C11H22N2. The monoisotopic (exact) mass is 182 g/mol. The standard InChI is InChI=1S/C11H22N2/c1-4-11-7-10(12)6-9(3)8-13(11)5-2/h5,9-11H,2,4,6-8,12H2,1,3H3/t9?,10-,11-/m0/s1. The van der Waals surface area contributed by atoms with Crippen LogP contribution in [0.5, 0.6) is 0 Å². The van der Waals surface area contributed by atoms with Crippen LogP contribution < -0.4 is 5.73 Å². The van der Waals surface area contributed by atoms with Gasteiger partial charge in [0, 0.05) is 18.6 Å². The second-order valence-electron chi connectivity index (χ2n) is 4.28. The van der Waals surface area contributed by atoms with Crippen LogP contribution in [0.1, 0.15) is 33.1 Å². The maximum Gasteiger partial charge on any atom is 0.0296 e. The van der Waals surface area contributed by atoms with Crippen molar-refractivity contribution in [2.45, 2.75) is 45.2 Å². The zero-order valence-corrected chi connectivity index (χ0v) is 8.87. The molecule has 1 aliphatic heterocycles. The maximum absolute atomic E-state index is 6.05. The number of nitrogens with zero attached hydrogens (tertiary/aromatic N) is 1. The van der Waals surface area contributed by atoms with E-state index in [1.165, 1.54) is 6.42 Å². The highest BCUT2D eigenvalue weighted by molar-refractivity contribution is 4.87. The molecule has 1 aliphatic rings. The topological polar surface area (TPSA) is 29.3 Å². The number of hydrogen-bond acceptors (Lipinski definition) is 2. The molecule has 76 valence electrons. The summed E-state index contributed by atoms with van der Waals surface area (Å²) in [5.74, 6) is 0.699. The van der Waals surface area contributed by atoms with E-state index in [1.807, 2.05) is 6.20 Å². The largest absolute Gasteiger partial charge is 0.375 e. The van der Waals surface area contributed by atoms with E-state index >= 15 is 0 Å². The van der Waals surface area contributed by atoms with Crippen molar-refractivity contribution in [2.24, 2.45) is 11.7 Å². The Bertz CT molecular complexity index is 167. The van der Waals surface area contributed by atoms with Gasteiger partial charge in [0.1, 0.15) is 0 Å². The molecule has 1 fully saturated rings. The minimum absolute atomic E-state index is 0.380. The van der Waals surface area contributed by atoms with E-state index in [2.05, 4.69) is 25.3 Å². The fourth-order valence-electron chi connectivity index (χ4n) is 2.31. The zero-order chi connectivity index (χ0) is 9.84. The average Bonchev–Trinajstić information content (AvgIpc) is 2.23. The van der Waals surface area contributed by atoms with Crippen molar-refractivity contribution in [1.82, 2.24) is 4.90 Å². The lowest BCUT2D eigenvalue weighted by Crippen LogP contribution is -2.33. The highest BCUT2D eigenvalue weighted by Crippen LogP contribution is 2.21. The molecule has 0 spiro atoms. The molecule has 0 aromatic carbocycles. The minimum atomic E-state index is 0.380. The Morgan fingerprint density at radius 1 is 1.54 bits per heavy atom. The van der Waals surface area contributed by atoms with E-state index in [0.717, 1.165) is 19.4 Å². The first kappa shape index (κ1) is 10.6. The van der Waals surface area contributed by atoms with Crippen molar-refractivity contribution in [2.75, 3.05) is 6.54 Å². The van der Waals surface area contributed by atoms with E-state index in [9.17, 15) is 0 Å². The normalized spacial score (nSPS) is 35.6. The SMILES string of the molecule is C=CN1CC(C)C[C@H](N)C[C@@H]1CC. The van der Waals surface area contributed by atoms with Gasteiger partial charge in [0.05, 0.1) is 0 Å². The highest BCUT2D eigenvalue weighted by atomic mass is 15.1. The predicted molar refractivity (Wildman–Crippen MR) is 57.4 cm³/mol. The summed E-state index contributed by atoms with van der Waals surface area (Å²) in [5.41, 5.74) is 6.05. The molecule has 2 N–H and O–H groups in total. The van der Waals surface area contributed by atoms with Gasteiger partial charge in [0.25, 0.3) is 0 Å². The fourth-order valence-corrected chi connectivity index (χ4v) is 2.31. The van der Waals surface area contributed by atoms with Crippen LogP contribution in [0.15, 0.2) is 12.8 Å². The van der Waals surface area contributed by atoms with Crippen molar-refractivity contribution in [3.63, 3.8) is 0 Å². The molecule has 0 amide bonds. The first-order chi connectivity index (χ1) is 6.17. The summed E-state index contributed by atoms with van der Waals surface area (Å²) in [6.07, 6.45) is 5.42. The first-order valence-electron chi connectivity index (χ1n) is 5.31. The Morgan fingerprint density at radius 2 is 2.23 bits per heavy atom. The lowest BCUT2D eigenvalue weighted by atomic mass is 10.00. The van der Waals surface area contributed by atoms with Gasteiger partial charge in [0.2, 0.25) is 0 Å². The summed E-state index contributed by atoms with van der Waals surface area (Å²) in [5, 5.41) is 0. The van der Waals surface area contributed by atoms with Gasteiger partial charge < -0.3 is 10.6 Å². The van der Waals surface area contributed by atoms with Crippen molar-refractivity contribution in [3.8, 4) is 0 Å². The highest BCUT2D eigenvalue weighted by Gasteiger charge is 2.24. The van der Waals surface area contributed by atoms with Gasteiger partial charge in [-0.2, -0.15) is 0 Å². The molecule has 2 nitrogen and oxygen atoms in total. The van der Waals surface area contributed by atoms with Crippen molar-refractivity contribution >= 4 is 0 Å². The molecule has 1 unspecified atom stereocenters. The number of nitrogens with two attached hydrogens (primary N) is 1. The number of rotatable bonds is 2. The Hall–Kier alpha value is -0.500. The molecule has 0 aromatic rings. The van der Waals surface area contributed by atoms with Gasteiger partial charge >= 0.3 is 0 Å². The van der Waals surface area contributed by atoms with E-state index in [0.29, 0.717) is 18.0 Å². The number of hydrogen-bond donors (Lipinski definition) is 1. The molecule has 1 rings (SSSR count). The molecule has 1 heterocycles. The van der Waals surface area contributed by atoms with Gasteiger partial charge in [-0.1, -0.05) is 20.4 Å². The Labute approximate surface area is 81.8 Å². The molecule has 2 heteroatoms. The van der Waals surface area contributed by atoms with E-state index in [1.54, 1.807) is 0 Å². The van der Waals surface area contributed by atoms with Crippen LogP contribution >= 0.6 is 0 Å². The van der Waals surface area contributed by atoms with Crippen LogP contribution in [0.2, 0.25) is 0 Å². The number of likely N-dealkylation sites (tertiary alicyclic amines) is 1. The molecule has 0 radical (unpaired) electrons. The first-order valence-corrected chi connectivity index (χ1v) is 5.31. The van der Waals surface area contributed by atoms with E-state index in [-0.39, 0.29) is 0 Å². The molecule has 0 bridgehead atoms. The van der Waals surface area contributed by atoms with Crippen molar-refractivity contribution in [1.29, 1.82) is 0 Å². The molecule has 13 heavy (non-hydrogen) atoms. The van der Waals surface area contributed by atoms with Crippen LogP contribution in [0.25, 0.3) is 0 Å². The second kappa shape index (κ2) is 4.66. The van der Waals surface area contributed by atoms with Gasteiger partial charge in [-0.3, -0.25) is 0 Å². The molecule has 1 saturated heterocycles. The van der Waals surface area contributed by atoms with E-state index < -0.39 is 0 Å². The Balaban J connectivity index is 2.65. The van der Waals surface area contributed by atoms with E-state index in [4.69, 9.17) is 5.73 Å². The third kappa shape index (κ3) is 2.73. The van der Waals surface area contributed by atoms with Crippen molar-refractivity contribution < 1.29 is 0 Å².